The Morgan fingerprint density at radius 2 is 1.88 bits per heavy atom. The zero-order valence-electron chi connectivity index (χ0n) is 15.0. The first-order chi connectivity index (χ1) is 12.1. The van der Waals surface area contributed by atoms with Crippen LogP contribution in [-0.2, 0) is 14.6 Å². The zero-order valence-corrected chi connectivity index (χ0v) is 15.8. The lowest BCUT2D eigenvalue weighted by atomic mass is 9.85. The molecule has 0 amide bonds. The summed E-state index contributed by atoms with van der Waals surface area (Å²) in [4.78, 5) is 7.27. The lowest BCUT2D eigenvalue weighted by Gasteiger charge is -2.28. The van der Waals surface area contributed by atoms with Crippen LogP contribution >= 0.6 is 0 Å². The normalized spacial score (nSPS) is 33.8. The van der Waals surface area contributed by atoms with E-state index in [0.717, 1.165) is 50.5 Å². The van der Waals surface area contributed by atoms with Crippen LogP contribution in [0.1, 0.15) is 38.5 Å². The molecule has 0 radical (unpaired) electrons. The van der Waals surface area contributed by atoms with E-state index in [4.69, 9.17) is 9.73 Å². The quantitative estimate of drug-likeness (QED) is 0.597. The molecule has 3 saturated heterocycles. The van der Waals surface area contributed by atoms with Gasteiger partial charge in [0.25, 0.3) is 0 Å². The molecule has 0 bridgehead atoms. The highest BCUT2D eigenvalue weighted by Crippen LogP contribution is 2.31. The highest BCUT2D eigenvalue weighted by atomic mass is 32.2. The van der Waals surface area contributed by atoms with E-state index >= 15 is 0 Å². The average Bonchev–Trinajstić information content (AvgIpc) is 3.16. The Labute approximate surface area is 151 Å². The molecule has 2 unspecified atom stereocenters. The summed E-state index contributed by atoms with van der Waals surface area (Å²) in [7, 11) is -2.81. The number of nitrogens with one attached hydrogen (secondary N) is 1. The highest BCUT2D eigenvalue weighted by molar-refractivity contribution is 7.91. The van der Waals surface area contributed by atoms with E-state index in [0.29, 0.717) is 24.1 Å². The van der Waals surface area contributed by atoms with Crippen LogP contribution < -0.4 is 5.32 Å². The second kappa shape index (κ2) is 7.43. The van der Waals surface area contributed by atoms with Crippen LogP contribution in [0, 0.1) is 17.8 Å². The number of ether oxygens (including phenoxy) is 1. The molecule has 0 spiro atoms. The van der Waals surface area contributed by atoms with Gasteiger partial charge in [0.1, 0.15) is 0 Å². The predicted molar refractivity (Wildman–Crippen MR) is 98.4 cm³/mol. The Balaban J connectivity index is 1.36. The van der Waals surface area contributed by atoms with Crippen LogP contribution in [0.15, 0.2) is 4.99 Å². The first kappa shape index (κ1) is 17.6. The Kier molecular flexibility index (Phi) is 5.23. The van der Waals surface area contributed by atoms with Crippen molar-refractivity contribution in [2.24, 2.45) is 22.7 Å². The molecule has 1 saturated carbocycles. The van der Waals surface area contributed by atoms with Gasteiger partial charge in [-0.1, -0.05) is 0 Å². The monoisotopic (exact) mass is 369 g/mol. The first-order valence-electron chi connectivity index (χ1n) is 9.93. The Morgan fingerprint density at radius 3 is 2.56 bits per heavy atom. The molecule has 6 nitrogen and oxygen atoms in total. The van der Waals surface area contributed by atoms with Gasteiger partial charge in [-0.3, -0.25) is 4.99 Å². The summed E-state index contributed by atoms with van der Waals surface area (Å²) < 4.78 is 28.8. The molecule has 4 aliphatic rings. The van der Waals surface area contributed by atoms with Gasteiger partial charge >= 0.3 is 0 Å². The molecule has 142 valence electrons. The molecule has 0 aromatic heterocycles. The maximum atomic E-state index is 11.7. The molecule has 4 fully saturated rings. The number of guanidine groups is 1. The van der Waals surface area contributed by atoms with Crippen molar-refractivity contribution in [2.45, 2.75) is 44.6 Å². The van der Waals surface area contributed by atoms with E-state index < -0.39 is 9.84 Å². The van der Waals surface area contributed by atoms with Crippen molar-refractivity contribution in [1.82, 2.24) is 10.2 Å². The predicted octanol–water partition coefficient (Wildman–Crippen LogP) is 1.28. The molecule has 0 aromatic rings. The second-order valence-electron chi connectivity index (χ2n) is 8.30. The molecule has 2 atom stereocenters. The van der Waals surface area contributed by atoms with E-state index in [-0.39, 0.29) is 5.92 Å². The van der Waals surface area contributed by atoms with E-state index in [1.807, 2.05) is 0 Å². The Bertz CT molecular complexity index is 597. The second-order valence-corrected chi connectivity index (χ2v) is 10.5. The number of likely N-dealkylation sites (tertiary alicyclic amines) is 1. The number of sulfone groups is 1. The van der Waals surface area contributed by atoms with Crippen molar-refractivity contribution in [3.05, 3.63) is 0 Å². The van der Waals surface area contributed by atoms with E-state index in [9.17, 15) is 8.42 Å². The minimum absolute atomic E-state index is 0.204. The molecule has 1 N–H and O–H groups in total. The molecule has 3 heterocycles. The fraction of sp³-hybridized carbons (Fsp3) is 0.944. The summed E-state index contributed by atoms with van der Waals surface area (Å²) in [6.45, 7) is 4.64. The standard InChI is InChI=1S/C18H31N3O3S/c22-25(23)10-6-14(13-25)11-19-18(20-17-1-2-17)21-7-3-16(12-21)15-4-8-24-9-5-15/h14-17H,1-13H2,(H,19,20). The van der Waals surface area contributed by atoms with Crippen LogP contribution in [0.4, 0.5) is 0 Å². The minimum atomic E-state index is -2.81. The fourth-order valence-corrected chi connectivity index (χ4v) is 6.28. The van der Waals surface area contributed by atoms with Gasteiger partial charge in [-0.2, -0.15) is 0 Å². The number of aliphatic imine (C=N–C) groups is 1. The topological polar surface area (TPSA) is 71.0 Å². The van der Waals surface area contributed by atoms with Gasteiger partial charge < -0.3 is 15.0 Å². The van der Waals surface area contributed by atoms with Gasteiger partial charge in [0, 0.05) is 38.9 Å². The van der Waals surface area contributed by atoms with Gasteiger partial charge in [0.2, 0.25) is 0 Å². The Morgan fingerprint density at radius 1 is 1.08 bits per heavy atom. The number of hydrogen-bond donors (Lipinski definition) is 1. The van der Waals surface area contributed by atoms with Crippen LogP contribution in [0.25, 0.3) is 0 Å². The van der Waals surface area contributed by atoms with Gasteiger partial charge in [-0.05, 0) is 56.3 Å². The van der Waals surface area contributed by atoms with E-state index in [1.165, 1.54) is 32.1 Å². The van der Waals surface area contributed by atoms with E-state index in [2.05, 4.69) is 10.2 Å². The number of rotatable bonds is 4. The summed E-state index contributed by atoms with van der Waals surface area (Å²) in [6, 6.07) is 0.577. The van der Waals surface area contributed by atoms with Gasteiger partial charge in [-0.25, -0.2) is 8.42 Å². The third-order valence-electron chi connectivity index (χ3n) is 6.19. The molecule has 25 heavy (non-hydrogen) atoms. The SMILES string of the molecule is O=S1(=O)CCC(CN=C(NC2CC2)N2CCC(C3CCOCC3)C2)C1. The number of nitrogens with zero attached hydrogens (tertiary/aromatic N) is 2. The summed E-state index contributed by atoms with van der Waals surface area (Å²) in [6.07, 6.45) is 6.87. The average molecular weight is 370 g/mol. The van der Waals surface area contributed by atoms with Crippen molar-refractivity contribution < 1.29 is 13.2 Å². The van der Waals surface area contributed by atoms with Gasteiger partial charge in [0.15, 0.2) is 15.8 Å². The maximum absolute atomic E-state index is 11.7. The summed E-state index contributed by atoms with van der Waals surface area (Å²) in [5, 5.41) is 3.60. The van der Waals surface area contributed by atoms with Crippen LogP contribution in [-0.4, -0.2) is 69.7 Å². The van der Waals surface area contributed by atoms with E-state index in [1.54, 1.807) is 0 Å². The zero-order chi connectivity index (χ0) is 17.3. The van der Waals surface area contributed by atoms with Crippen LogP contribution in [0.3, 0.4) is 0 Å². The first-order valence-corrected chi connectivity index (χ1v) is 11.8. The Hall–Kier alpha value is -0.820. The smallest absolute Gasteiger partial charge is 0.194 e. The lowest BCUT2D eigenvalue weighted by Crippen LogP contribution is -2.42. The van der Waals surface area contributed by atoms with Crippen LogP contribution in [0.2, 0.25) is 0 Å². The van der Waals surface area contributed by atoms with Crippen LogP contribution in [0.5, 0.6) is 0 Å². The molecular formula is C18H31N3O3S. The van der Waals surface area contributed by atoms with Crippen molar-refractivity contribution in [1.29, 1.82) is 0 Å². The van der Waals surface area contributed by atoms with Gasteiger partial charge in [0.05, 0.1) is 11.5 Å². The third kappa shape index (κ3) is 4.67. The summed E-state index contributed by atoms with van der Waals surface area (Å²) in [5.41, 5.74) is 0. The van der Waals surface area contributed by atoms with Crippen molar-refractivity contribution in [3.8, 4) is 0 Å². The number of hydrogen-bond acceptors (Lipinski definition) is 4. The molecular weight excluding hydrogens is 338 g/mol. The largest absolute Gasteiger partial charge is 0.381 e. The highest BCUT2D eigenvalue weighted by Gasteiger charge is 2.34. The molecule has 7 heteroatoms. The molecule has 0 aromatic carbocycles. The van der Waals surface area contributed by atoms with Crippen molar-refractivity contribution in [2.75, 3.05) is 44.4 Å². The van der Waals surface area contributed by atoms with Gasteiger partial charge in [-0.15, -0.1) is 0 Å². The third-order valence-corrected chi connectivity index (χ3v) is 8.03. The fourth-order valence-electron chi connectivity index (χ4n) is 4.43. The maximum Gasteiger partial charge on any atom is 0.194 e. The minimum Gasteiger partial charge on any atom is -0.381 e. The summed E-state index contributed by atoms with van der Waals surface area (Å²) >= 11 is 0. The molecule has 1 aliphatic carbocycles. The summed E-state index contributed by atoms with van der Waals surface area (Å²) in [5.74, 6) is 3.44. The molecule has 4 rings (SSSR count). The molecule has 3 aliphatic heterocycles. The lowest BCUT2D eigenvalue weighted by molar-refractivity contribution is 0.0488. The van der Waals surface area contributed by atoms with Crippen molar-refractivity contribution in [3.63, 3.8) is 0 Å². The van der Waals surface area contributed by atoms with Crippen molar-refractivity contribution >= 4 is 15.8 Å².